The minimum absolute atomic E-state index is 0.160. The fourth-order valence-corrected chi connectivity index (χ4v) is 2.59. The van der Waals surface area contributed by atoms with E-state index in [0.717, 1.165) is 30.5 Å². The van der Waals surface area contributed by atoms with Crippen molar-refractivity contribution in [3.8, 4) is 0 Å². The maximum absolute atomic E-state index is 11.4. The van der Waals surface area contributed by atoms with Gasteiger partial charge in [0, 0.05) is 23.3 Å². The second-order valence-corrected chi connectivity index (χ2v) is 4.99. The summed E-state index contributed by atoms with van der Waals surface area (Å²) in [6, 6.07) is 5.71. The number of nitrogens with zero attached hydrogens (tertiary/aromatic N) is 2. The smallest absolute Gasteiger partial charge is 0.317 e. The summed E-state index contributed by atoms with van der Waals surface area (Å²) in [7, 11) is 0. The number of amides is 1. The van der Waals surface area contributed by atoms with Crippen LogP contribution in [0.5, 0.6) is 0 Å². The first-order valence-corrected chi connectivity index (χ1v) is 6.48. The molecule has 1 aliphatic heterocycles. The lowest BCUT2D eigenvalue weighted by Gasteiger charge is -2.22. The Kier molecular flexibility index (Phi) is 4.39. The number of benzene rings is 1. The Morgan fingerprint density at radius 3 is 3.00 bits per heavy atom. The molecule has 1 heterocycles. The Hall–Kier alpha value is -1.59. The Bertz CT molecular complexity index is 488. The van der Waals surface area contributed by atoms with E-state index < -0.39 is 5.91 Å². The van der Waals surface area contributed by atoms with Crippen LogP contribution in [0.1, 0.15) is 34.3 Å². The molecular weight excluding hydrogens is 244 g/mol. The van der Waals surface area contributed by atoms with Crippen molar-refractivity contribution >= 4 is 5.91 Å². The van der Waals surface area contributed by atoms with Crippen LogP contribution in [-0.4, -0.2) is 35.1 Å². The molecule has 102 valence electrons. The number of aliphatic hydroxyl groups excluding tert-OH is 1. The molecule has 1 saturated heterocycles. The van der Waals surface area contributed by atoms with Gasteiger partial charge >= 0.3 is 5.91 Å². The molecule has 5 nitrogen and oxygen atoms in total. The largest absolute Gasteiger partial charge is 0.395 e. The highest BCUT2D eigenvalue weighted by Gasteiger charge is 2.23. The molecule has 1 aliphatic rings. The standard InChI is InChI=1S/C14H18N2O3/c1-10-4-5-11(7-13(10)14(18)15-19)8-16-6-2-3-12(16)9-17/h4-5,7,12,17H,2-3,6,8-9H2,1H3/t12-/m1/s1. The molecule has 0 radical (unpaired) electrons. The fourth-order valence-electron chi connectivity index (χ4n) is 2.59. The van der Waals surface area contributed by atoms with E-state index in [1.165, 1.54) is 0 Å². The van der Waals surface area contributed by atoms with Crippen molar-refractivity contribution in [3.05, 3.63) is 39.8 Å². The van der Waals surface area contributed by atoms with E-state index in [4.69, 9.17) is 0 Å². The van der Waals surface area contributed by atoms with Crippen LogP contribution in [0, 0.1) is 11.8 Å². The molecule has 0 aliphatic carbocycles. The van der Waals surface area contributed by atoms with Gasteiger partial charge in [0.1, 0.15) is 0 Å². The zero-order chi connectivity index (χ0) is 13.8. The second-order valence-electron chi connectivity index (χ2n) is 4.99. The number of likely N-dealkylation sites (tertiary alicyclic amines) is 1. The third kappa shape index (κ3) is 3.05. The normalized spacial score (nSPS) is 19.6. The quantitative estimate of drug-likeness (QED) is 0.841. The van der Waals surface area contributed by atoms with Crippen LogP contribution in [-0.2, 0) is 6.54 Å². The molecule has 0 unspecified atom stereocenters. The number of hydrogen-bond acceptors (Lipinski definition) is 4. The summed E-state index contributed by atoms with van der Waals surface area (Å²) < 4.78 is 0. The van der Waals surface area contributed by atoms with E-state index in [0.29, 0.717) is 12.1 Å². The summed E-state index contributed by atoms with van der Waals surface area (Å²) in [4.78, 5) is 24.0. The van der Waals surface area contributed by atoms with Gasteiger partial charge in [0.2, 0.25) is 0 Å². The van der Waals surface area contributed by atoms with Crippen molar-refractivity contribution in [1.82, 2.24) is 4.90 Å². The van der Waals surface area contributed by atoms with Gasteiger partial charge in [-0.1, -0.05) is 12.1 Å². The lowest BCUT2D eigenvalue weighted by atomic mass is 10.0. The molecule has 5 heteroatoms. The molecular formula is C14H18N2O3. The van der Waals surface area contributed by atoms with Crippen LogP contribution < -0.4 is 0 Å². The highest BCUT2D eigenvalue weighted by Crippen LogP contribution is 2.21. The van der Waals surface area contributed by atoms with Gasteiger partial charge in [0.15, 0.2) is 0 Å². The SMILES string of the molecule is Cc1ccc(CN2CCC[C@@H]2CO)cc1C(=O)N=O. The van der Waals surface area contributed by atoms with E-state index in [1.54, 1.807) is 13.0 Å². The number of rotatable bonds is 4. The number of nitroso groups, excluding NO2 is 1. The summed E-state index contributed by atoms with van der Waals surface area (Å²) in [6.45, 7) is 3.58. The molecule has 0 saturated carbocycles. The molecule has 0 bridgehead atoms. The van der Waals surface area contributed by atoms with Crippen LogP contribution >= 0.6 is 0 Å². The van der Waals surface area contributed by atoms with Crippen LogP contribution in [0.2, 0.25) is 0 Å². The van der Waals surface area contributed by atoms with E-state index >= 15 is 0 Å². The van der Waals surface area contributed by atoms with Crippen LogP contribution in [0.15, 0.2) is 23.4 Å². The Labute approximate surface area is 112 Å². The fraction of sp³-hybridized carbons (Fsp3) is 0.500. The first-order chi connectivity index (χ1) is 9.15. The Morgan fingerprint density at radius 1 is 1.53 bits per heavy atom. The minimum atomic E-state index is -0.723. The number of carbonyl (C=O) groups excluding carboxylic acids is 1. The average molecular weight is 262 g/mol. The van der Waals surface area contributed by atoms with E-state index in [-0.39, 0.29) is 12.6 Å². The molecule has 2 rings (SSSR count). The van der Waals surface area contributed by atoms with Gasteiger partial charge in [-0.3, -0.25) is 9.69 Å². The summed E-state index contributed by atoms with van der Waals surface area (Å²) in [5.74, 6) is -0.723. The summed E-state index contributed by atoms with van der Waals surface area (Å²) in [5, 5.41) is 11.8. The third-order valence-electron chi connectivity index (χ3n) is 3.71. The van der Waals surface area contributed by atoms with Crippen LogP contribution in [0.25, 0.3) is 0 Å². The predicted octanol–water partition coefficient (Wildman–Crippen LogP) is 1.86. The maximum Gasteiger partial charge on any atom is 0.317 e. The molecule has 0 spiro atoms. The molecule has 1 aromatic carbocycles. The first kappa shape index (κ1) is 13.8. The lowest BCUT2D eigenvalue weighted by Crippen LogP contribution is -2.31. The maximum atomic E-state index is 11.4. The summed E-state index contributed by atoms with van der Waals surface area (Å²) >= 11 is 0. The molecule has 19 heavy (non-hydrogen) atoms. The predicted molar refractivity (Wildman–Crippen MR) is 71.8 cm³/mol. The second kappa shape index (κ2) is 6.04. The molecule has 1 N–H and O–H groups in total. The summed E-state index contributed by atoms with van der Waals surface area (Å²) in [5.41, 5.74) is 2.10. The van der Waals surface area contributed by atoms with Crippen molar-refractivity contribution in [2.75, 3.05) is 13.2 Å². The van der Waals surface area contributed by atoms with E-state index in [2.05, 4.69) is 10.1 Å². The van der Waals surface area contributed by atoms with Gasteiger partial charge in [0.05, 0.1) is 6.61 Å². The zero-order valence-electron chi connectivity index (χ0n) is 11.0. The molecule has 1 fully saturated rings. The first-order valence-electron chi connectivity index (χ1n) is 6.48. The Balaban J connectivity index is 2.17. The van der Waals surface area contributed by atoms with Crippen LogP contribution in [0.3, 0.4) is 0 Å². The van der Waals surface area contributed by atoms with Gasteiger partial charge < -0.3 is 5.11 Å². The van der Waals surface area contributed by atoms with Crippen molar-refractivity contribution in [2.45, 2.75) is 32.4 Å². The van der Waals surface area contributed by atoms with Gasteiger partial charge in [-0.2, -0.15) is 0 Å². The number of aliphatic hydroxyl groups is 1. The monoisotopic (exact) mass is 262 g/mol. The molecule has 1 atom stereocenters. The number of carbonyl (C=O) groups is 1. The number of hydrogen-bond donors (Lipinski definition) is 1. The van der Waals surface area contributed by atoms with Gasteiger partial charge in [-0.05, 0) is 43.5 Å². The zero-order valence-corrected chi connectivity index (χ0v) is 11.0. The van der Waals surface area contributed by atoms with Crippen molar-refractivity contribution in [2.24, 2.45) is 5.18 Å². The highest BCUT2D eigenvalue weighted by atomic mass is 16.3. The third-order valence-corrected chi connectivity index (χ3v) is 3.71. The van der Waals surface area contributed by atoms with E-state index in [1.807, 2.05) is 12.1 Å². The molecule has 1 amide bonds. The molecule has 0 aromatic heterocycles. The highest BCUT2D eigenvalue weighted by molar-refractivity contribution is 5.96. The molecule has 1 aromatic rings. The topological polar surface area (TPSA) is 70.0 Å². The average Bonchev–Trinajstić information content (AvgIpc) is 2.87. The van der Waals surface area contributed by atoms with Crippen molar-refractivity contribution < 1.29 is 9.90 Å². The van der Waals surface area contributed by atoms with Gasteiger partial charge in [-0.25, -0.2) is 0 Å². The van der Waals surface area contributed by atoms with Gasteiger partial charge in [0.25, 0.3) is 0 Å². The van der Waals surface area contributed by atoms with Gasteiger partial charge in [-0.15, -0.1) is 4.91 Å². The van der Waals surface area contributed by atoms with Crippen molar-refractivity contribution in [3.63, 3.8) is 0 Å². The summed E-state index contributed by atoms with van der Waals surface area (Å²) in [6.07, 6.45) is 2.09. The Morgan fingerprint density at radius 2 is 2.32 bits per heavy atom. The number of aryl methyl sites for hydroxylation is 1. The van der Waals surface area contributed by atoms with E-state index in [9.17, 15) is 14.8 Å². The van der Waals surface area contributed by atoms with Crippen LogP contribution in [0.4, 0.5) is 0 Å². The van der Waals surface area contributed by atoms with Crippen molar-refractivity contribution in [1.29, 1.82) is 0 Å². The minimum Gasteiger partial charge on any atom is -0.395 e. The lowest BCUT2D eigenvalue weighted by molar-refractivity contribution is 0.1000.